The van der Waals surface area contributed by atoms with E-state index in [0.29, 0.717) is 26.2 Å². The number of rotatable bonds is 7. The zero-order valence-corrected chi connectivity index (χ0v) is 19.2. The molecule has 0 amide bonds. The van der Waals surface area contributed by atoms with E-state index >= 15 is 0 Å². The van der Waals surface area contributed by atoms with Crippen LogP contribution in [0, 0.1) is 6.92 Å². The highest BCUT2D eigenvalue weighted by Crippen LogP contribution is 2.26. The Bertz CT molecular complexity index is 1260. The Morgan fingerprint density at radius 2 is 1.85 bits per heavy atom. The van der Waals surface area contributed by atoms with Crippen molar-refractivity contribution in [3.8, 4) is 5.75 Å². The molecular weight excluding hydrogens is 471 g/mol. The van der Waals surface area contributed by atoms with E-state index < -0.39 is 22.1 Å². The molecule has 182 valence electrons. The van der Waals surface area contributed by atoms with Crippen LogP contribution in [0.4, 0.5) is 19.0 Å². The summed E-state index contributed by atoms with van der Waals surface area (Å²) in [6, 6.07) is 10.2. The van der Waals surface area contributed by atoms with Crippen LogP contribution < -0.4 is 10.1 Å². The van der Waals surface area contributed by atoms with Crippen LogP contribution in [-0.2, 0) is 10.0 Å². The molecule has 1 N–H and O–H groups in total. The molecule has 0 atom stereocenters. The Morgan fingerprint density at radius 1 is 1.09 bits per heavy atom. The van der Waals surface area contributed by atoms with Crippen LogP contribution in [0.2, 0.25) is 0 Å². The van der Waals surface area contributed by atoms with Crippen molar-refractivity contribution in [1.82, 2.24) is 19.2 Å². The van der Waals surface area contributed by atoms with Crippen molar-refractivity contribution in [3.63, 3.8) is 0 Å². The van der Waals surface area contributed by atoms with Gasteiger partial charge in [-0.3, -0.25) is 9.88 Å². The summed E-state index contributed by atoms with van der Waals surface area (Å²) in [6.45, 7) is 4.76. The summed E-state index contributed by atoms with van der Waals surface area (Å²) in [5, 5.41) is 4.29. The van der Waals surface area contributed by atoms with Gasteiger partial charge in [-0.2, -0.15) is 4.31 Å². The molecule has 12 heteroatoms. The molecule has 4 rings (SSSR count). The largest absolute Gasteiger partial charge is 0.573 e. The van der Waals surface area contributed by atoms with Crippen LogP contribution in [0.3, 0.4) is 0 Å². The molecule has 1 aliphatic heterocycles. The minimum Gasteiger partial charge on any atom is -0.406 e. The van der Waals surface area contributed by atoms with Gasteiger partial charge in [-0.05, 0) is 37.3 Å². The first-order valence-electron chi connectivity index (χ1n) is 10.7. The molecule has 0 saturated carbocycles. The van der Waals surface area contributed by atoms with Crippen LogP contribution in [0.15, 0.2) is 53.6 Å². The Hall–Kier alpha value is -2.96. The van der Waals surface area contributed by atoms with Gasteiger partial charge in [-0.25, -0.2) is 13.4 Å². The van der Waals surface area contributed by atoms with Crippen LogP contribution >= 0.6 is 0 Å². The second-order valence-electron chi connectivity index (χ2n) is 7.85. The molecule has 0 unspecified atom stereocenters. The number of pyridine rings is 2. The van der Waals surface area contributed by atoms with E-state index in [1.807, 2.05) is 25.1 Å². The molecule has 1 saturated heterocycles. The average molecular weight is 496 g/mol. The molecule has 2 aromatic heterocycles. The predicted octanol–water partition coefficient (Wildman–Crippen LogP) is 3.26. The van der Waals surface area contributed by atoms with Crippen LogP contribution in [0.1, 0.15) is 5.69 Å². The number of benzene rings is 1. The maximum Gasteiger partial charge on any atom is 0.573 e. The van der Waals surface area contributed by atoms with Crippen molar-refractivity contribution in [1.29, 1.82) is 0 Å². The maximum absolute atomic E-state index is 12.9. The van der Waals surface area contributed by atoms with Crippen molar-refractivity contribution in [2.75, 3.05) is 44.6 Å². The lowest BCUT2D eigenvalue weighted by molar-refractivity contribution is -0.274. The topological polar surface area (TPSA) is 87.7 Å². The van der Waals surface area contributed by atoms with Gasteiger partial charge in [0.2, 0.25) is 10.0 Å². The fraction of sp³-hybridized carbons (Fsp3) is 0.364. The Kier molecular flexibility index (Phi) is 6.91. The fourth-order valence-corrected chi connectivity index (χ4v) is 5.27. The third kappa shape index (κ3) is 5.75. The predicted molar refractivity (Wildman–Crippen MR) is 121 cm³/mol. The number of nitrogens with one attached hydrogen (secondary N) is 1. The Labute approximate surface area is 195 Å². The standard InChI is InChI=1S/C22H24F3N5O3S/c1-16-19-5-6-21(28-20(19)7-8-26-16)27-9-10-29-11-13-30(14-12-29)34(31,32)18-4-2-3-17(15-18)33-22(23,24)25/h2-8,15H,9-14H2,1H3,(H,27,28). The van der Waals surface area contributed by atoms with Crippen LogP contribution in [0.25, 0.3) is 10.9 Å². The number of piperazine rings is 1. The van der Waals surface area contributed by atoms with Gasteiger partial charge < -0.3 is 10.1 Å². The monoisotopic (exact) mass is 495 g/mol. The first-order chi connectivity index (χ1) is 16.1. The van der Waals surface area contributed by atoms with E-state index in [2.05, 4.69) is 24.9 Å². The number of nitrogens with zero attached hydrogens (tertiary/aromatic N) is 4. The summed E-state index contributed by atoms with van der Waals surface area (Å²) in [6.07, 6.45) is -3.16. The van der Waals surface area contributed by atoms with Gasteiger partial charge >= 0.3 is 6.36 Å². The van der Waals surface area contributed by atoms with E-state index in [9.17, 15) is 21.6 Å². The number of aryl methyl sites for hydroxylation is 1. The fourth-order valence-electron chi connectivity index (χ4n) is 3.81. The summed E-state index contributed by atoms with van der Waals surface area (Å²) < 4.78 is 68.3. The highest BCUT2D eigenvalue weighted by atomic mass is 32.2. The molecule has 3 heterocycles. The van der Waals surface area contributed by atoms with E-state index in [1.165, 1.54) is 16.4 Å². The Morgan fingerprint density at radius 3 is 2.59 bits per heavy atom. The molecule has 3 aromatic rings. The van der Waals surface area contributed by atoms with E-state index in [0.717, 1.165) is 34.5 Å². The average Bonchev–Trinajstić information content (AvgIpc) is 2.79. The zero-order valence-electron chi connectivity index (χ0n) is 18.4. The highest BCUT2D eigenvalue weighted by molar-refractivity contribution is 7.89. The summed E-state index contributed by atoms with van der Waals surface area (Å²) in [5.41, 5.74) is 1.78. The van der Waals surface area contributed by atoms with E-state index in [4.69, 9.17) is 0 Å². The zero-order chi connectivity index (χ0) is 24.3. The number of aromatic nitrogens is 2. The number of sulfonamides is 1. The van der Waals surface area contributed by atoms with Crippen molar-refractivity contribution in [2.24, 2.45) is 0 Å². The lowest BCUT2D eigenvalue weighted by atomic mass is 10.2. The molecular formula is C22H24F3N5O3S. The minimum atomic E-state index is -4.89. The molecule has 8 nitrogen and oxygen atoms in total. The third-order valence-corrected chi connectivity index (χ3v) is 7.45. The number of ether oxygens (including phenoxy) is 1. The number of anilines is 1. The molecule has 0 bridgehead atoms. The molecule has 1 aliphatic rings. The van der Waals surface area contributed by atoms with Gasteiger partial charge in [0.15, 0.2) is 0 Å². The van der Waals surface area contributed by atoms with Gasteiger partial charge in [0.25, 0.3) is 0 Å². The molecule has 34 heavy (non-hydrogen) atoms. The number of fused-ring (bicyclic) bond motifs is 1. The van der Waals surface area contributed by atoms with Crippen LogP contribution in [0.5, 0.6) is 5.75 Å². The van der Waals surface area contributed by atoms with Gasteiger partial charge in [0.1, 0.15) is 11.6 Å². The lowest BCUT2D eigenvalue weighted by Crippen LogP contribution is -2.49. The number of hydrogen-bond acceptors (Lipinski definition) is 7. The Balaban J connectivity index is 1.30. The normalized spacial score (nSPS) is 16.0. The molecule has 0 radical (unpaired) electrons. The molecule has 1 fully saturated rings. The van der Waals surface area contributed by atoms with Gasteiger partial charge in [-0.1, -0.05) is 6.07 Å². The first-order valence-corrected chi connectivity index (χ1v) is 12.1. The SMILES string of the molecule is Cc1nccc2nc(NCCN3CCN(S(=O)(=O)c4cccc(OC(F)(F)F)c4)CC3)ccc12. The van der Waals surface area contributed by atoms with Crippen molar-refractivity contribution >= 4 is 26.7 Å². The summed E-state index contributed by atoms with van der Waals surface area (Å²) in [7, 11) is -3.92. The lowest BCUT2D eigenvalue weighted by Gasteiger charge is -2.34. The quantitative estimate of drug-likeness (QED) is 0.538. The van der Waals surface area contributed by atoms with Crippen molar-refractivity contribution in [3.05, 3.63) is 54.4 Å². The molecule has 0 spiro atoms. The second kappa shape index (κ2) is 9.72. The van der Waals surface area contributed by atoms with Crippen molar-refractivity contribution < 1.29 is 26.3 Å². The second-order valence-corrected chi connectivity index (χ2v) is 9.79. The smallest absolute Gasteiger partial charge is 0.406 e. The first kappa shape index (κ1) is 24.2. The summed E-state index contributed by atoms with van der Waals surface area (Å²) in [5.74, 6) is 0.187. The minimum absolute atomic E-state index is 0.225. The van der Waals surface area contributed by atoms with Gasteiger partial charge in [-0.15, -0.1) is 13.2 Å². The van der Waals surface area contributed by atoms with Crippen molar-refractivity contribution in [2.45, 2.75) is 18.2 Å². The van der Waals surface area contributed by atoms with Gasteiger partial charge in [0.05, 0.1) is 10.4 Å². The molecule has 0 aliphatic carbocycles. The number of hydrogen-bond donors (Lipinski definition) is 1. The van der Waals surface area contributed by atoms with Gasteiger partial charge in [0, 0.05) is 62.6 Å². The number of alkyl halides is 3. The highest BCUT2D eigenvalue weighted by Gasteiger charge is 2.33. The summed E-state index contributed by atoms with van der Waals surface area (Å²) >= 11 is 0. The maximum atomic E-state index is 12.9. The molecule has 1 aromatic carbocycles. The van der Waals surface area contributed by atoms with E-state index in [-0.39, 0.29) is 18.0 Å². The van der Waals surface area contributed by atoms with Crippen LogP contribution in [-0.4, -0.2) is 73.2 Å². The summed E-state index contributed by atoms with van der Waals surface area (Å²) in [4.78, 5) is 10.7. The van der Waals surface area contributed by atoms with E-state index in [1.54, 1.807) is 6.20 Å². The number of halogens is 3. The third-order valence-electron chi connectivity index (χ3n) is 5.56.